The predicted molar refractivity (Wildman–Crippen MR) is 85.1 cm³/mol. The standard InChI is InChI=1S/C16H19N5O2/c1-11-14(4-3-7-17-11)16(23)20-8-5-13(10-20)21-9-6-15(19-21)18-12(2)22/h3-4,6-7,9,13H,5,8,10H2,1-2H3,(H,18,19,22)/t13-/m0/s1. The van der Waals surface area contributed by atoms with E-state index < -0.39 is 0 Å². The summed E-state index contributed by atoms with van der Waals surface area (Å²) in [6.07, 6.45) is 4.36. The Morgan fingerprint density at radius 1 is 1.35 bits per heavy atom. The third-order valence-electron chi connectivity index (χ3n) is 3.97. The van der Waals surface area contributed by atoms with E-state index >= 15 is 0 Å². The first-order valence-corrected chi connectivity index (χ1v) is 7.58. The Morgan fingerprint density at radius 3 is 2.91 bits per heavy atom. The fourth-order valence-electron chi connectivity index (χ4n) is 2.81. The van der Waals surface area contributed by atoms with Crippen LogP contribution in [0.2, 0.25) is 0 Å². The van der Waals surface area contributed by atoms with Crippen molar-refractivity contribution in [2.45, 2.75) is 26.3 Å². The van der Waals surface area contributed by atoms with Crippen LogP contribution >= 0.6 is 0 Å². The van der Waals surface area contributed by atoms with E-state index in [2.05, 4.69) is 15.4 Å². The van der Waals surface area contributed by atoms with E-state index in [0.717, 1.165) is 12.1 Å². The molecule has 0 spiro atoms. The average molecular weight is 313 g/mol. The second-order valence-corrected chi connectivity index (χ2v) is 5.69. The molecule has 1 atom stereocenters. The summed E-state index contributed by atoms with van der Waals surface area (Å²) in [5.41, 5.74) is 1.39. The van der Waals surface area contributed by atoms with E-state index in [1.807, 2.05) is 22.7 Å². The summed E-state index contributed by atoms with van der Waals surface area (Å²) in [7, 11) is 0. The molecule has 1 aliphatic rings. The number of nitrogens with one attached hydrogen (secondary N) is 1. The number of amides is 2. The molecule has 0 aromatic carbocycles. The summed E-state index contributed by atoms with van der Waals surface area (Å²) in [4.78, 5) is 29.7. The zero-order chi connectivity index (χ0) is 16.4. The van der Waals surface area contributed by atoms with Crippen molar-refractivity contribution in [3.63, 3.8) is 0 Å². The molecule has 1 saturated heterocycles. The van der Waals surface area contributed by atoms with Gasteiger partial charge in [-0.05, 0) is 25.5 Å². The highest BCUT2D eigenvalue weighted by Crippen LogP contribution is 2.24. The van der Waals surface area contributed by atoms with Gasteiger partial charge in [0, 0.05) is 44.2 Å². The first-order chi connectivity index (χ1) is 11.0. The predicted octanol–water partition coefficient (Wildman–Crippen LogP) is 1.63. The largest absolute Gasteiger partial charge is 0.336 e. The number of nitrogens with zero attached hydrogens (tertiary/aromatic N) is 4. The quantitative estimate of drug-likeness (QED) is 0.934. The van der Waals surface area contributed by atoms with Gasteiger partial charge in [-0.1, -0.05) is 0 Å². The summed E-state index contributed by atoms with van der Waals surface area (Å²) >= 11 is 0. The number of hydrogen-bond donors (Lipinski definition) is 1. The molecule has 0 bridgehead atoms. The second kappa shape index (κ2) is 6.20. The molecule has 2 amide bonds. The van der Waals surface area contributed by atoms with Crippen LogP contribution in [-0.2, 0) is 4.79 Å². The van der Waals surface area contributed by atoms with Crippen LogP contribution in [-0.4, -0.2) is 44.6 Å². The molecule has 120 valence electrons. The van der Waals surface area contributed by atoms with E-state index in [0.29, 0.717) is 24.5 Å². The smallest absolute Gasteiger partial charge is 0.255 e. The molecule has 0 radical (unpaired) electrons. The second-order valence-electron chi connectivity index (χ2n) is 5.69. The van der Waals surface area contributed by atoms with E-state index in [-0.39, 0.29) is 17.9 Å². The summed E-state index contributed by atoms with van der Waals surface area (Å²) in [6.45, 7) is 4.58. The number of carbonyl (C=O) groups is 2. The van der Waals surface area contributed by atoms with Gasteiger partial charge in [-0.15, -0.1) is 0 Å². The minimum absolute atomic E-state index is 0.00680. The van der Waals surface area contributed by atoms with Crippen LogP contribution in [0.5, 0.6) is 0 Å². The maximum absolute atomic E-state index is 12.6. The number of aromatic nitrogens is 3. The normalized spacial score (nSPS) is 17.3. The highest BCUT2D eigenvalue weighted by molar-refractivity contribution is 5.95. The Balaban J connectivity index is 1.69. The van der Waals surface area contributed by atoms with Crippen LogP contribution in [0.25, 0.3) is 0 Å². The Morgan fingerprint density at radius 2 is 2.17 bits per heavy atom. The summed E-state index contributed by atoms with van der Waals surface area (Å²) < 4.78 is 1.81. The first-order valence-electron chi connectivity index (χ1n) is 7.58. The maximum atomic E-state index is 12.6. The average Bonchev–Trinajstić information content (AvgIpc) is 3.15. The van der Waals surface area contributed by atoms with Gasteiger partial charge in [0.25, 0.3) is 5.91 Å². The lowest BCUT2D eigenvalue weighted by atomic mass is 10.2. The molecule has 1 fully saturated rings. The van der Waals surface area contributed by atoms with Crippen molar-refractivity contribution in [1.82, 2.24) is 19.7 Å². The van der Waals surface area contributed by atoms with E-state index in [9.17, 15) is 9.59 Å². The molecule has 1 N–H and O–H groups in total. The molecule has 3 rings (SSSR count). The molecular formula is C16H19N5O2. The highest BCUT2D eigenvalue weighted by Gasteiger charge is 2.29. The molecule has 23 heavy (non-hydrogen) atoms. The number of anilines is 1. The number of likely N-dealkylation sites (tertiary alicyclic amines) is 1. The van der Waals surface area contributed by atoms with Crippen LogP contribution in [0.3, 0.4) is 0 Å². The van der Waals surface area contributed by atoms with Crippen LogP contribution in [0, 0.1) is 6.92 Å². The number of rotatable bonds is 3. The Hall–Kier alpha value is -2.70. The minimum Gasteiger partial charge on any atom is -0.336 e. The molecule has 0 saturated carbocycles. The zero-order valence-electron chi connectivity index (χ0n) is 13.2. The van der Waals surface area contributed by atoms with Crippen molar-refractivity contribution in [2.24, 2.45) is 0 Å². The molecule has 7 heteroatoms. The van der Waals surface area contributed by atoms with Gasteiger partial charge in [-0.3, -0.25) is 19.3 Å². The minimum atomic E-state index is -0.148. The number of aryl methyl sites for hydroxylation is 1. The van der Waals surface area contributed by atoms with Gasteiger partial charge in [-0.25, -0.2) is 0 Å². The zero-order valence-corrected chi connectivity index (χ0v) is 13.2. The van der Waals surface area contributed by atoms with Gasteiger partial charge >= 0.3 is 0 Å². The molecule has 2 aromatic rings. The molecule has 2 aromatic heterocycles. The highest BCUT2D eigenvalue weighted by atomic mass is 16.2. The Labute approximate surface area is 134 Å². The van der Waals surface area contributed by atoms with Gasteiger partial charge in [0.15, 0.2) is 5.82 Å². The summed E-state index contributed by atoms with van der Waals surface area (Å²) in [5, 5.41) is 7.01. The molecule has 1 aliphatic heterocycles. The first kappa shape index (κ1) is 15.2. The van der Waals surface area contributed by atoms with Crippen LogP contribution in [0.4, 0.5) is 5.82 Å². The number of carbonyl (C=O) groups excluding carboxylic acids is 2. The molecule has 3 heterocycles. The van der Waals surface area contributed by atoms with Crippen molar-refractivity contribution < 1.29 is 9.59 Å². The van der Waals surface area contributed by atoms with Crippen molar-refractivity contribution in [3.8, 4) is 0 Å². The number of hydrogen-bond acceptors (Lipinski definition) is 4. The Kier molecular flexibility index (Phi) is 4.10. The van der Waals surface area contributed by atoms with Gasteiger partial charge in [0.05, 0.1) is 11.6 Å². The molecular weight excluding hydrogens is 294 g/mol. The topological polar surface area (TPSA) is 80.1 Å². The maximum Gasteiger partial charge on any atom is 0.255 e. The number of pyridine rings is 1. The summed E-state index contributed by atoms with van der Waals surface area (Å²) in [6, 6.07) is 5.47. The van der Waals surface area contributed by atoms with Gasteiger partial charge in [0.2, 0.25) is 5.91 Å². The van der Waals surface area contributed by atoms with Crippen molar-refractivity contribution in [3.05, 3.63) is 41.9 Å². The van der Waals surface area contributed by atoms with Crippen molar-refractivity contribution in [1.29, 1.82) is 0 Å². The molecule has 7 nitrogen and oxygen atoms in total. The molecule has 0 aliphatic carbocycles. The lowest BCUT2D eigenvalue weighted by molar-refractivity contribution is -0.114. The van der Waals surface area contributed by atoms with Gasteiger partial charge in [-0.2, -0.15) is 5.10 Å². The fourth-order valence-corrected chi connectivity index (χ4v) is 2.81. The van der Waals surface area contributed by atoms with E-state index in [4.69, 9.17) is 0 Å². The molecule has 0 unspecified atom stereocenters. The van der Waals surface area contributed by atoms with Crippen LogP contribution in [0.1, 0.15) is 35.4 Å². The van der Waals surface area contributed by atoms with E-state index in [1.165, 1.54) is 6.92 Å². The van der Waals surface area contributed by atoms with Gasteiger partial charge in [0.1, 0.15) is 0 Å². The third kappa shape index (κ3) is 3.23. The summed E-state index contributed by atoms with van der Waals surface area (Å²) in [5.74, 6) is 0.392. The lowest BCUT2D eigenvalue weighted by Gasteiger charge is -2.17. The monoisotopic (exact) mass is 313 g/mol. The van der Waals surface area contributed by atoms with Gasteiger partial charge < -0.3 is 10.2 Å². The SMILES string of the molecule is CC(=O)Nc1ccn([C@H]2CCN(C(=O)c3cccnc3C)C2)n1. The third-order valence-corrected chi connectivity index (χ3v) is 3.97. The Bertz CT molecular complexity index is 740. The fraction of sp³-hybridized carbons (Fsp3) is 0.375. The van der Waals surface area contributed by atoms with Crippen LogP contribution in [0.15, 0.2) is 30.6 Å². The van der Waals surface area contributed by atoms with Crippen molar-refractivity contribution in [2.75, 3.05) is 18.4 Å². The van der Waals surface area contributed by atoms with E-state index in [1.54, 1.807) is 24.4 Å². The van der Waals surface area contributed by atoms with Crippen LogP contribution < -0.4 is 5.32 Å². The lowest BCUT2D eigenvalue weighted by Crippen LogP contribution is -2.30. The van der Waals surface area contributed by atoms with Crippen molar-refractivity contribution >= 4 is 17.6 Å².